The summed E-state index contributed by atoms with van der Waals surface area (Å²) in [6, 6.07) is 8.57. The molecule has 4 heteroatoms. The standard InChI is InChI=1S/C17H28N2OS/c1-6-19(14(4)5)16-9-7-15(8-10-16)18-17(20)12-21-11-13(2)3/h7-10,13-14H,6,11-12H2,1-5H3,(H,18,20). The fraction of sp³-hybridized carbons (Fsp3) is 0.588. The van der Waals surface area contributed by atoms with Gasteiger partial charge in [-0.1, -0.05) is 13.8 Å². The number of hydrogen-bond acceptors (Lipinski definition) is 3. The fourth-order valence-corrected chi connectivity index (χ4v) is 3.01. The lowest BCUT2D eigenvalue weighted by Gasteiger charge is -2.27. The average Bonchev–Trinajstić information content (AvgIpc) is 2.40. The Kier molecular flexibility index (Phi) is 7.65. The van der Waals surface area contributed by atoms with E-state index < -0.39 is 0 Å². The van der Waals surface area contributed by atoms with Gasteiger partial charge in [-0.05, 0) is 56.7 Å². The van der Waals surface area contributed by atoms with Gasteiger partial charge in [0.2, 0.25) is 5.91 Å². The van der Waals surface area contributed by atoms with Crippen molar-refractivity contribution in [3.05, 3.63) is 24.3 Å². The maximum Gasteiger partial charge on any atom is 0.234 e. The van der Waals surface area contributed by atoms with Crippen molar-refractivity contribution in [2.24, 2.45) is 5.92 Å². The number of carbonyl (C=O) groups is 1. The van der Waals surface area contributed by atoms with Gasteiger partial charge in [-0.25, -0.2) is 0 Å². The zero-order valence-corrected chi connectivity index (χ0v) is 14.7. The molecule has 1 N–H and O–H groups in total. The summed E-state index contributed by atoms with van der Waals surface area (Å²) in [7, 11) is 0. The molecule has 0 atom stereocenters. The largest absolute Gasteiger partial charge is 0.369 e. The SMILES string of the molecule is CCN(c1ccc(NC(=O)CSCC(C)C)cc1)C(C)C. The minimum atomic E-state index is 0.0737. The quantitative estimate of drug-likeness (QED) is 0.779. The summed E-state index contributed by atoms with van der Waals surface area (Å²) in [6.45, 7) is 11.8. The summed E-state index contributed by atoms with van der Waals surface area (Å²) in [5.41, 5.74) is 2.06. The molecule has 0 aliphatic heterocycles. The van der Waals surface area contributed by atoms with Crippen molar-refractivity contribution in [3.63, 3.8) is 0 Å². The van der Waals surface area contributed by atoms with E-state index >= 15 is 0 Å². The molecule has 0 spiro atoms. The first-order valence-electron chi connectivity index (χ1n) is 7.68. The minimum Gasteiger partial charge on any atom is -0.369 e. The van der Waals surface area contributed by atoms with Gasteiger partial charge < -0.3 is 10.2 Å². The Hall–Kier alpha value is -1.16. The second kappa shape index (κ2) is 8.98. The lowest BCUT2D eigenvalue weighted by atomic mass is 10.2. The van der Waals surface area contributed by atoms with Crippen LogP contribution in [0.3, 0.4) is 0 Å². The van der Waals surface area contributed by atoms with Crippen LogP contribution in [0.2, 0.25) is 0 Å². The van der Waals surface area contributed by atoms with Crippen molar-refractivity contribution >= 4 is 29.0 Å². The maximum absolute atomic E-state index is 11.8. The highest BCUT2D eigenvalue weighted by Gasteiger charge is 2.08. The lowest BCUT2D eigenvalue weighted by molar-refractivity contribution is -0.113. The Balaban J connectivity index is 2.52. The van der Waals surface area contributed by atoms with E-state index in [-0.39, 0.29) is 5.91 Å². The number of nitrogens with one attached hydrogen (secondary N) is 1. The highest BCUT2D eigenvalue weighted by molar-refractivity contribution is 7.99. The molecule has 1 aromatic rings. The van der Waals surface area contributed by atoms with Crippen LogP contribution in [-0.2, 0) is 4.79 Å². The zero-order valence-electron chi connectivity index (χ0n) is 13.8. The van der Waals surface area contributed by atoms with Gasteiger partial charge in [-0.15, -0.1) is 0 Å². The summed E-state index contributed by atoms with van der Waals surface area (Å²) >= 11 is 1.68. The number of nitrogens with zero attached hydrogens (tertiary/aromatic N) is 1. The third-order valence-electron chi connectivity index (χ3n) is 3.13. The van der Waals surface area contributed by atoms with Gasteiger partial charge in [0.15, 0.2) is 0 Å². The van der Waals surface area contributed by atoms with Crippen LogP contribution in [-0.4, -0.2) is 30.0 Å². The number of carbonyl (C=O) groups excluding carboxylic acids is 1. The summed E-state index contributed by atoms with van der Waals surface area (Å²) in [5.74, 6) is 2.24. The molecule has 0 radical (unpaired) electrons. The summed E-state index contributed by atoms with van der Waals surface area (Å²) in [6.07, 6.45) is 0. The molecular weight excluding hydrogens is 280 g/mol. The molecule has 0 unspecified atom stereocenters. The van der Waals surface area contributed by atoms with Crippen LogP contribution in [0.25, 0.3) is 0 Å². The van der Waals surface area contributed by atoms with E-state index in [1.54, 1.807) is 11.8 Å². The second-order valence-electron chi connectivity index (χ2n) is 5.88. The topological polar surface area (TPSA) is 32.3 Å². The van der Waals surface area contributed by atoms with E-state index in [0.29, 0.717) is 17.7 Å². The molecule has 0 heterocycles. The van der Waals surface area contributed by atoms with Crippen molar-refractivity contribution in [1.82, 2.24) is 0 Å². The number of thioether (sulfide) groups is 1. The second-order valence-corrected chi connectivity index (χ2v) is 6.91. The highest BCUT2D eigenvalue weighted by Crippen LogP contribution is 2.20. The smallest absolute Gasteiger partial charge is 0.234 e. The lowest BCUT2D eigenvalue weighted by Crippen LogP contribution is -2.30. The van der Waals surface area contributed by atoms with Gasteiger partial charge in [0.25, 0.3) is 0 Å². The third kappa shape index (κ3) is 6.42. The molecular formula is C17H28N2OS. The molecule has 0 saturated heterocycles. The Labute approximate surface area is 133 Å². The summed E-state index contributed by atoms with van der Waals surface area (Å²) < 4.78 is 0. The average molecular weight is 308 g/mol. The van der Waals surface area contributed by atoms with Crippen LogP contribution < -0.4 is 10.2 Å². The van der Waals surface area contributed by atoms with Gasteiger partial charge in [0.1, 0.15) is 0 Å². The van der Waals surface area contributed by atoms with Crippen molar-refractivity contribution < 1.29 is 4.79 Å². The van der Waals surface area contributed by atoms with E-state index in [1.807, 2.05) is 12.1 Å². The van der Waals surface area contributed by atoms with Crippen LogP contribution in [0.4, 0.5) is 11.4 Å². The molecule has 3 nitrogen and oxygen atoms in total. The van der Waals surface area contributed by atoms with Gasteiger partial charge in [-0.2, -0.15) is 11.8 Å². The highest BCUT2D eigenvalue weighted by atomic mass is 32.2. The fourth-order valence-electron chi connectivity index (χ4n) is 2.17. The molecule has 118 valence electrons. The molecule has 0 aliphatic rings. The Bertz CT molecular complexity index is 429. The maximum atomic E-state index is 11.8. The van der Waals surface area contributed by atoms with E-state index in [0.717, 1.165) is 18.0 Å². The van der Waals surface area contributed by atoms with Crippen LogP contribution in [0, 0.1) is 5.92 Å². The van der Waals surface area contributed by atoms with Gasteiger partial charge in [-0.3, -0.25) is 4.79 Å². The summed E-state index contributed by atoms with van der Waals surface area (Å²) in [4.78, 5) is 14.2. The normalized spacial score (nSPS) is 11.0. The number of anilines is 2. The first kappa shape index (κ1) is 17.9. The van der Waals surface area contributed by atoms with E-state index in [9.17, 15) is 4.79 Å². The van der Waals surface area contributed by atoms with Gasteiger partial charge in [0.05, 0.1) is 5.75 Å². The van der Waals surface area contributed by atoms with Crippen molar-refractivity contribution in [2.45, 2.75) is 40.7 Å². The monoisotopic (exact) mass is 308 g/mol. The molecule has 21 heavy (non-hydrogen) atoms. The molecule has 0 aliphatic carbocycles. The minimum absolute atomic E-state index is 0.0737. The molecule has 1 amide bonds. The van der Waals surface area contributed by atoms with Gasteiger partial charge >= 0.3 is 0 Å². The predicted octanol–water partition coefficient (Wildman–Crippen LogP) is 4.25. The molecule has 1 aromatic carbocycles. The Morgan fingerprint density at radius 1 is 1.19 bits per heavy atom. The van der Waals surface area contributed by atoms with Crippen molar-refractivity contribution in [2.75, 3.05) is 28.3 Å². The molecule has 0 saturated carbocycles. The molecule has 0 bridgehead atoms. The molecule has 0 fully saturated rings. The van der Waals surface area contributed by atoms with Crippen LogP contribution >= 0.6 is 11.8 Å². The summed E-state index contributed by atoms with van der Waals surface area (Å²) in [5, 5.41) is 2.95. The van der Waals surface area contributed by atoms with E-state index in [4.69, 9.17) is 0 Å². The number of amides is 1. The number of rotatable bonds is 8. The van der Waals surface area contributed by atoms with Crippen LogP contribution in [0.15, 0.2) is 24.3 Å². The Morgan fingerprint density at radius 2 is 1.81 bits per heavy atom. The number of hydrogen-bond donors (Lipinski definition) is 1. The predicted molar refractivity (Wildman–Crippen MR) is 95.4 cm³/mol. The van der Waals surface area contributed by atoms with Crippen molar-refractivity contribution in [3.8, 4) is 0 Å². The molecule has 0 aromatic heterocycles. The molecule has 1 rings (SSSR count). The Morgan fingerprint density at radius 3 is 2.29 bits per heavy atom. The van der Waals surface area contributed by atoms with Crippen molar-refractivity contribution in [1.29, 1.82) is 0 Å². The van der Waals surface area contributed by atoms with Crippen LogP contribution in [0.1, 0.15) is 34.6 Å². The van der Waals surface area contributed by atoms with Crippen LogP contribution in [0.5, 0.6) is 0 Å². The van der Waals surface area contributed by atoms with Gasteiger partial charge in [0, 0.05) is 24.0 Å². The first-order valence-corrected chi connectivity index (χ1v) is 8.83. The third-order valence-corrected chi connectivity index (χ3v) is 4.50. The number of benzene rings is 1. The first-order chi connectivity index (χ1) is 9.93. The zero-order chi connectivity index (χ0) is 15.8. The van der Waals surface area contributed by atoms with E-state index in [1.165, 1.54) is 5.69 Å². The van der Waals surface area contributed by atoms with E-state index in [2.05, 4.69) is 57.0 Å².